The van der Waals surface area contributed by atoms with Gasteiger partial charge in [0.2, 0.25) is 0 Å². The van der Waals surface area contributed by atoms with Gasteiger partial charge in [-0.15, -0.1) is 0 Å². The maximum absolute atomic E-state index is 12.6. The molecule has 0 fully saturated rings. The Morgan fingerprint density at radius 1 is 0.806 bits per heavy atom. The smallest absolute Gasteiger partial charge is 0.271 e. The van der Waals surface area contributed by atoms with E-state index in [0.717, 1.165) is 33.8 Å². The van der Waals surface area contributed by atoms with Crippen molar-refractivity contribution in [3.8, 4) is 28.2 Å². The Hall–Kier alpha value is -4.41. The van der Waals surface area contributed by atoms with Crippen LogP contribution in [0.2, 0.25) is 5.02 Å². The van der Waals surface area contributed by atoms with E-state index in [1.54, 1.807) is 30.5 Å². The standard InChI is InChI=1S/C31H24ClN3O/c1-22-12-18-28(19-13-22)35-29(23-8-4-2-5-9-23)20-26(30(35)24-10-6-3-7-11-24)21-33-34-31(36)25-14-16-27(32)17-15-25/h2-21H,1H3,(H,34,36). The number of halogens is 1. The average Bonchev–Trinajstić information content (AvgIpc) is 3.30. The summed E-state index contributed by atoms with van der Waals surface area (Å²) in [7, 11) is 0. The van der Waals surface area contributed by atoms with Gasteiger partial charge in [-0.2, -0.15) is 5.10 Å². The Bertz CT molecular complexity index is 1500. The zero-order valence-corrected chi connectivity index (χ0v) is 20.5. The Kier molecular flexibility index (Phi) is 6.78. The first-order chi connectivity index (χ1) is 17.6. The number of benzene rings is 4. The van der Waals surface area contributed by atoms with E-state index in [1.165, 1.54) is 5.56 Å². The number of rotatable bonds is 6. The Balaban J connectivity index is 1.62. The van der Waals surface area contributed by atoms with Crippen LogP contribution in [0.3, 0.4) is 0 Å². The van der Waals surface area contributed by atoms with Gasteiger partial charge in [-0.3, -0.25) is 4.79 Å². The van der Waals surface area contributed by atoms with Gasteiger partial charge in [0.1, 0.15) is 0 Å². The van der Waals surface area contributed by atoms with Gasteiger partial charge < -0.3 is 4.57 Å². The minimum absolute atomic E-state index is 0.301. The maximum Gasteiger partial charge on any atom is 0.271 e. The molecule has 0 unspecified atom stereocenters. The zero-order valence-electron chi connectivity index (χ0n) is 19.7. The summed E-state index contributed by atoms with van der Waals surface area (Å²) in [6, 6.07) is 37.7. The van der Waals surface area contributed by atoms with Gasteiger partial charge in [-0.1, -0.05) is 90.0 Å². The normalized spacial score (nSPS) is 11.1. The molecule has 0 bridgehead atoms. The third-order valence-electron chi connectivity index (χ3n) is 5.92. The third-order valence-corrected chi connectivity index (χ3v) is 6.17. The molecule has 0 aliphatic carbocycles. The molecule has 0 spiro atoms. The molecule has 176 valence electrons. The third kappa shape index (κ3) is 4.99. The molecule has 5 rings (SSSR count). The summed E-state index contributed by atoms with van der Waals surface area (Å²) in [6.45, 7) is 2.08. The predicted molar refractivity (Wildman–Crippen MR) is 148 cm³/mol. The summed E-state index contributed by atoms with van der Waals surface area (Å²) in [6.07, 6.45) is 1.70. The molecule has 0 atom stereocenters. The minimum Gasteiger partial charge on any atom is -0.309 e. The minimum atomic E-state index is -0.301. The first kappa shape index (κ1) is 23.3. The van der Waals surface area contributed by atoms with Gasteiger partial charge in [0.05, 0.1) is 17.6 Å². The predicted octanol–water partition coefficient (Wildman–Crippen LogP) is 7.54. The fourth-order valence-corrected chi connectivity index (χ4v) is 4.26. The van der Waals surface area contributed by atoms with Crippen molar-refractivity contribution in [1.82, 2.24) is 9.99 Å². The van der Waals surface area contributed by atoms with Gasteiger partial charge in [0, 0.05) is 21.8 Å². The maximum atomic E-state index is 12.6. The first-order valence-corrected chi connectivity index (χ1v) is 12.0. The molecule has 4 aromatic carbocycles. The van der Waals surface area contributed by atoms with E-state index in [2.05, 4.69) is 76.6 Å². The molecule has 5 heteroatoms. The van der Waals surface area contributed by atoms with E-state index in [1.807, 2.05) is 36.4 Å². The largest absolute Gasteiger partial charge is 0.309 e. The summed E-state index contributed by atoms with van der Waals surface area (Å²) < 4.78 is 2.24. The van der Waals surface area contributed by atoms with E-state index in [9.17, 15) is 4.79 Å². The molecule has 5 aromatic rings. The second kappa shape index (κ2) is 10.5. The van der Waals surface area contributed by atoms with E-state index in [0.29, 0.717) is 10.6 Å². The van der Waals surface area contributed by atoms with Crippen molar-refractivity contribution in [3.05, 3.63) is 137 Å². The van der Waals surface area contributed by atoms with E-state index in [4.69, 9.17) is 11.6 Å². The molecule has 0 saturated carbocycles. The lowest BCUT2D eigenvalue weighted by molar-refractivity contribution is 0.0955. The van der Waals surface area contributed by atoms with Crippen molar-refractivity contribution in [2.24, 2.45) is 5.10 Å². The second-order valence-corrected chi connectivity index (χ2v) is 8.88. The van der Waals surface area contributed by atoms with Crippen LogP contribution in [0.1, 0.15) is 21.5 Å². The quantitative estimate of drug-likeness (QED) is 0.194. The van der Waals surface area contributed by atoms with Crippen molar-refractivity contribution in [2.75, 3.05) is 0 Å². The summed E-state index contributed by atoms with van der Waals surface area (Å²) in [5, 5.41) is 4.89. The molecule has 1 heterocycles. The van der Waals surface area contributed by atoms with Gasteiger partial charge >= 0.3 is 0 Å². The summed E-state index contributed by atoms with van der Waals surface area (Å²) in [4.78, 5) is 12.6. The molecular weight excluding hydrogens is 466 g/mol. The number of carbonyl (C=O) groups is 1. The highest BCUT2D eigenvalue weighted by Gasteiger charge is 2.18. The number of hydrazone groups is 1. The fraction of sp³-hybridized carbons (Fsp3) is 0.0323. The highest BCUT2D eigenvalue weighted by molar-refractivity contribution is 6.30. The van der Waals surface area contributed by atoms with Crippen LogP contribution in [0.25, 0.3) is 28.2 Å². The lowest BCUT2D eigenvalue weighted by atomic mass is 10.1. The second-order valence-electron chi connectivity index (χ2n) is 8.44. The molecule has 0 aliphatic rings. The SMILES string of the molecule is Cc1ccc(-n2c(-c3ccccc3)cc(C=NNC(=O)c3ccc(Cl)cc3)c2-c2ccccc2)cc1. The number of hydrogen-bond donors (Lipinski definition) is 1. The summed E-state index contributed by atoms with van der Waals surface area (Å²) in [5.41, 5.74) is 10.4. The van der Waals surface area contributed by atoms with Gasteiger partial charge in [-0.05, 0) is 60.5 Å². The highest BCUT2D eigenvalue weighted by Crippen LogP contribution is 2.35. The van der Waals surface area contributed by atoms with Crippen LogP contribution in [0.4, 0.5) is 0 Å². The van der Waals surface area contributed by atoms with Crippen molar-refractivity contribution < 1.29 is 4.79 Å². The van der Waals surface area contributed by atoms with Crippen molar-refractivity contribution in [3.63, 3.8) is 0 Å². The number of carbonyl (C=O) groups excluding carboxylic acids is 1. The van der Waals surface area contributed by atoms with Gasteiger partial charge in [0.15, 0.2) is 0 Å². The van der Waals surface area contributed by atoms with E-state index in [-0.39, 0.29) is 5.91 Å². The van der Waals surface area contributed by atoms with E-state index >= 15 is 0 Å². The fourth-order valence-electron chi connectivity index (χ4n) is 4.13. The Labute approximate surface area is 215 Å². The molecule has 36 heavy (non-hydrogen) atoms. The summed E-state index contributed by atoms with van der Waals surface area (Å²) >= 11 is 5.94. The van der Waals surface area contributed by atoms with Gasteiger partial charge in [-0.25, -0.2) is 5.43 Å². The number of nitrogens with one attached hydrogen (secondary N) is 1. The molecular formula is C31H24ClN3O. The molecule has 1 N–H and O–H groups in total. The number of nitrogens with zero attached hydrogens (tertiary/aromatic N) is 2. The van der Waals surface area contributed by atoms with Gasteiger partial charge in [0.25, 0.3) is 5.91 Å². The molecule has 1 aromatic heterocycles. The van der Waals surface area contributed by atoms with Crippen molar-refractivity contribution in [1.29, 1.82) is 0 Å². The van der Waals surface area contributed by atoms with Crippen LogP contribution in [-0.4, -0.2) is 16.7 Å². The molecule has 1 amide bonds. The lowest BCUT2D eigenvalue weighted by Crippen LogP contribution is -2.17. The van der Waals surface area contributed by atoms with Crippen LogP contribution in [0, 0.1) is 6.92 Å². The average molecular weight is 490 g/mol. The number of amides is 1. The Morgan fingerprint density at radius 3 is 2.06 bits per heavy atom. The lowest BCUT2D eigenvalue weighted by Gasteiger charge is -2.15. The molecule has 0 aliphatic heterocycles. The van der Waals surface area contributed by atoms with Crippen LogP contribution in [-0.2, 0) is 0 Å². The zero-order chi connectivity index (χ0) is 24.9. The first-order valence-electron chi connectivity index (χ1n) is 11.6. The monoisotopic (exact) mass is 489 g/mol. The summed E-state index contributed by atoms with van der Waals surface area (Å²) in [5.74, 6) is -0.301. The van der Waals surface area contributed by atoms with Crippen molar-refractivity contribution in [2.45, 2.75) is 6.92 Å². The number of aromatic nitrogens is 1. The molecule has 0 radical (unpaired) electrons. The Morgan fingerprint density at radius 2 is 1.42 bits per heavy atom. The van der Waals surface area contributed by atoms with E-state index < -0.39 is 0 Å². The number of aryl methyl sites for hydroxylation is 1. The number of hydrogen-bond acceptors (Lipinski definition) is 2. The molecule has 4 nitrogen and oxygen atoms in total. The van der Waals surface area contributed by atoms with Crippen LogP contribution in [0.15, 0.2) is 120 Å². The van der Waals surface area contributed by atoms with Crippen LogP contribution >= 0.6 is 11.6 Å². The molecule has 0 saturated heterocycles. The van der Waals surface area contributed by atoms with Crippen LogP contribution < -0.4 is 5.43 Å². The topological polar surface area (TPSA) is 46.4 Å². The van der Waals surface area contributed by atoms with Crippen LogP contribution in [0.5, 0.6) is 0 Å². The van der Waals surface area contributed by atoms with Crippen molar-refractivity contribution >= 4 is 23.7 Å². The highest BCUT2D eigenvalue weighted by atomic mass is 35.5.